The molecule has 0 heterocycles. The van der Waals surface area contributed by atoms with Gasteiger partial charge in [-0.25, -0.2) is 4.39 Å². The van der Waals surface area contributed by atoms with E-state index in [0.717, 1.165) is 0 Å². The molecule has 0 radical (unpaired) electrons. The molecule has 0 saturated carbocycles. The van der Waals surface area contributed by atoms with Crippen molar-refractivity contribution in [2.45, 2.75) is 0 Å². The van der Waals surface area contributed by atoms with Crippen LogP contribution in [0.3, 0.4) is 0 Å². The number of hydrogen-bond donors (Lipinski definition) is 1. The molecule has 0 aliphatic rings. The largest absolute Gasteiger partial charge is 0.546 e. The Morgan fingerprint density at radius 2 is 1.88 bits per heavy atom. The molecule has 0 bridgehead atoms. The van der Waals surface area contributed by atoms with Crippen LogP contribution in [-0.4, -0.2) is 18.5 Å². The maximum atomic E-state index is 13.5. The van der Waals surface area contributed by atoms with Gasteiger partial charge in [-0.3, -0.25) is 4.79 Å². The number of carboxylic acid groups (broad SMARTS) is 1. The molecule has 0 aromatic heterocycles. The highest BCUT2D eigenvalue weighted by atomic mass is 19.1. The van der Waals surface area contributed by atoms with Gasteiger partial charge >= 0.3 is 0 Å². The number of para-hydroxylation sites is 1. The Balaban J connectivity index is 2.11. The van der Waals surface area contributed by atoms with E-state index in [1.807, 2.05) is 0 Å². The number of halogens is 1. The summed E-state index contributed by atoms with van der Waals surface area (Å²) in [6.07, 6.45) is 1.32. The van der Waals surface area contributed by atoms with E-state index in [9.17, 15) is 19.1 Å². The molecular formula is C18H12FN2O4-. The lowest BCUT2D eigenvalue weighted by Crippen LogP contribution is -2.28. The first-order valence-electron chi connectivity index (χ1n) is 7.10. The first kappa shape index (κ1) is 17.7. The average Bonchev–Trinajstić information content (AvgIpc) is 2.60. The third-order valence-corrected chi connectivity index (χ3v) is 3.03. The van der Waals surface area contributed by atoms with Gasteiger partial charge in [-0.15, -0.1) is 0 Å². The molecule has 6 nitrogen and oxygen atoms in total. The minimum atomic E-state index is -1.35. The molecule has 2 aromatic carbocycles. The summed E-state index contributed by atoms with van der Waals surface area (Å²) in [7, 11) is 0. The SMILES string of the molecule is N#C/C(=C\c1ccc(OCC(=O)[O-])cc1)C(=O)Nc1ccccc1F. The van der Waals surface area contributed by atoms with Gasteiger partial charge in [0.05, 0.1) is 11.7 Å². The molecule has 1 amide bonds. The van der Waals surface area contributed by atoms with Crippen LogP contribution < -0.4 is 15.2 Å². The number of nitrogens with one attached hydrogen (secondary N) is 1. The number of rotatable bonds is 6. The van der Waals surface area contributed by atoms with Crippen molar-refractivity contribution in [1.82, 2.24) is 0 Å². The highest BCUT2D eigenvalue weighted by Gasteiger charge is 2.11. The van der Waals surface area contributed by atoms with Crippen LogP contribution in [0.4, 0.5) is 10.1 Å². The normalized spacial score (nSPS) is 10.6. The second-order valence-electron chi connectivity index (χ2n) is 4.83. The van der Waals surface area contributed by atoms with Crippen molar-refractivity contribution in [3.63, 3.8) is 0 Å². The summed E-state index contributed by atoms with van der Waals surface area (Å²) in [5.41, 5.74) is 0.271. The van der Waals surface area contributed by atoms with Crippen molar-refractivity contribution >= 4 is 23.6 Å². The Morgan fingerprint density at radius 3 is 2.48 bits per heavy atom. The van der Waals surface area contributed by atoms with Crippen molar-refractivity contribution in [3.8, 4) is 11.8 Å². The maximum Gasteiger partial charge on any atom is 0.266 e. The Kier molecular flexibility index (Phi) is 5.85. The summed E-state index contributed by atoms with van der Waals surface area (Å²) in [4.78, 5) is 22.4. The first-order chi connectivity index (χ1) is 12.0. The number of nitrogens with zero attached hydrogens (tertiary/aromatic N) is 1. The minimum absolute atomic E-state index is 0.0281. The van der Waals surface area contributed by atoms with E-state index in [-0.39, 0.29) is 11.3 Å². The summed E-state index contributed by atoms with van der Waals surface area (Å²) in [6.45, 7) is -0.580. The molecule has 126 valence electrons. The molecule has 2 rings (SSSR count). The zero-order valence-electron chi connectivity index (χ0n) is 12.9. The van der Waals surface area contributed by atoms with Gasteiger partial charge in [0.1, 0.15) is 29.8 Å². The van der Waals surface area contributed by atoms with Crippen molar-refractivity contribution in [2.75, 3.05) is 11.9 Å². The van der Waals surface area contributed by atoms with Crippen LogP contribution >= 0.6 is 0 Å². The van der Waals surface area contributed by atoms with Crippen LogP contribution in [0, 0.1) is 17.1 Å². The van der Waals surface area contributed by atoms with Gasteiger partial charge in [-0.05, 0) is 35.9 Å². The van der Waals surface area contributed by atoms with Gasteiger partial charge in [0.2, 0.25) is 0 Å². The first-order valence-corrected chi connectivity index (χ1v) is 7.10. The molecule has 7 heteroatoms. The summed E-state index contributed by atoms with van der Waals surface area (Å²) in [5.74, 6) is -2.40. The van der Waals surface area contributed by atoms with Crippen molar-refractivity contribution in [1.29, 1.82) is 5.26 Å². The Labute approximate surface area is 142 Å². The molecule has 0 aliphatic carbocycles. The second kappa shape index (κ2) is 8.26. The van der Waals surface area contributed by atoms with Gasteiger partial charge in [0, 0.05) is 0 Å². The molecule has 0 aliphatic heterocycles. The van der Waals surface area contributed by atoms with E-state index < -0.39 is 24.3 Å². The lowest BCUT2D eigenvalue weighted by atomic mass is 10.1. The van der Waals surface area contributed by atoms with Crippen LogP contribution in [-0.2, 0) is 9.59 Å². The zero-order valence-corrected chi connectivity index (χ0v) is 12.9. The van der Waals surface area contributed by atoms with Gasteiger partial charge in [0.25, 0.3) is 5.91 Å². The van der Waals surface area contributed by atoms with E-state index in [1.54, 1.807) is 24.3 Å². The Bertz CT molecular complexity index is 854. The van der Waals surface area contributed by atoms with E-state index in [0.29, 0.717) is 11.3 Å². The van der Waals surface area contributed by atoms with Crippen LogP contribution in [0.25, 0.3) is 6.08 Å². The fraction of sp³-hybridized carbons (Fsp3) is 0.0556. The van der Waals surface area contributed by atoms with Crippen LogP contribution in [0.5, 0.6) is 5.75 Å². The van der Waals surface area contributed by atoms with Crippen LogP contribution in [0.15, 0.2) is 54.1 Å². The standard InChI is InChI=1S/C18H13FN2O4/c19-15-3-1-2-4-16(15)21-18(24)13(10-20)9-12-5-7-14(8-6-12)25-11-17(22)23/h1-9H,11H2,(H,21,24)(H,22,23)/p-1/b13-9+. The fourth-order valence-corrected chi connectivity index (χ4v) is 1.87. The van der Waals surface area contributed by atoms with Gasteiger partial charge in [0.15, 0.2) is 0 Å². The topological polar surface area (TPSA) is 102 Å². The van der Waals surface area contributed by atoms with Gasteiger partial charge < -0.3 is 20.0 Å². The molecular weight excluding hydrogens is 327 g/mol. The summed E-state index contributed by atoms with van der Waals surface area (Å²) < 4.78 is 18.5. The Morgan fingerprint density at radius 1 is 1.20 bits per heavy atom. The van der Waals surface area contributed by atoms with Crippen molar-refractivity contribution in [2.24, 2.45) is 0 Å². The van der Waals surface area contributed by atoms with Crippen LogP contribution in [0.2, 0.25) is 0 Å². The maximum absolute atomic E-state index is 13.5. The minimum Gasteiger partial charge on any atom is -0.546 e. The zero-order chi connectivity index (χ0) is 18.2. The third kappa shape index (κ3) is 5.18. The smallest absolute Gasteiger partial charge is 0.266 e. The molecule has 2 aromatic rings. The molecule has 0 saturated heterocycles. The number of amides is 1. The number of benzene rings is 2. The molecule has 0 fully saturated rings. The van der Waals surface area contributed by atoms with E-state index in [2.05, 4.69) is 5.32 Å². The number of anilines is 1. The predicted octanol–water partition coefficient (Wildman–Crippen LogP) is 1.50. The van der Waals surface area contributed by atoms with E-state index >= 15 is 0 Å². The molecule has 0 unspecified atom stereocenters. The number of aliphatic carboxylic acids is 1. The fourth-order valence-electron chi connectivity index (χ4n) is 1.87. The predicted molar refractivity (Wildman–Crippen MR) is 85.6 cm³/mol. The van der Waals surface area contributed by atoms with Gasteiger partial charge in [-0.2, -0.15) is 5.26 Å². The highest BCUT2D eigenvalue weighted by Crippen LogP contribution is 2.17. The van der Waals surface area contributed by atoms with Crippen molar-refractivity contribution in [3.05, 3.63) is 65.5 Å². The number of carbonyl (C=O) groups excluding carboxylic acids is 2. The average molecular weight is 339 g/mol. The number of carbonyl (C=O) groups is 2. The summed E-state index contributed by atoms with van der Waals surface area (Å²) in [5, 5.41) is 21.8. The van der Waals surface area contributed by atoms with E-state index in [1.165, 1.54) is 36.4 Å². The lowest BCUT2D eigenvalue weighted by Gasteiger charge is -2.07. The summed E-state index contributed by atoms with van der Waals surface area (Å²) in [6, 6.07) is 13.4. The molecule has 1 N–H and O–H groups in total. The second-order valence-corrected chi connectivity index (χ2v) is 4.83. The van der Waals surface area contributed by atoms with Gasteiger partial charge in [-0.1, -0.05) is 24.3 Å². The Hall–Kier alpha value is -3.66. The highest BCUT2D eigenvalue weighted by molar-refractivity contribution is 6.09. The van der Waals surface area contributed by atoms with Crippen molar-refractivity contribution < 1.29 is 23.8 Å². The van der Waals surface area contributed by atoms with Crippen LogP contribution in [0.1, 0.15) is 5.56 Å². The monoisotopic (exact) mass is 339 g/mol. The number of ether oxygens (including phenoxy) is 1. The molecule has 0 atom stereocenters. The number of carboxylic acids is 1. The molecule has 25 heavy (non-hydrogen) atoms. The molecule has 0 spiro atoms. The quantitative estimate of drug-likeness (QED) is 0.635. The number of hydrogen-bond acceptors (Lipinski definition) is 5. The number of nitriles is 1. The lowest BCUT2D eigenvalue weighted by molar-refractivity contribution is -0.307. The van der Waals surface area contributed by atoms with E-state index in [4.69, 9.17) is 10.00 Å². The summed E-state index contributed by atoms with van der Waals surface area (Å²) >= 11 is 0. The third-order valence-electron chi connectivity index (χ3n) is 3.03.